The number of para-hydroxylation sites is 1. The third-order valence-corrected chi connectivity index (χ3v) is 5.35. The fraction of sp³-hybridized carbons (Fsp3) is 0.474. The Bertz CT molecular complexity index is 692. The molecule has 1 aromatic carbocycles. The highest BCUT2D eigenvalue weighted by Gasteiger charge is 2.42. The molecule has 4 heteroatoms. The normalized spacial score (nSPS) is 27.1. The highest BCUT2D eigenvalue weighted by Crippen LogP contribution is 2.39. The van der Waals surface area contributed by atoms with Gasteiger partial charge in [0.05, 0.1) is 11.8 Å². The lowest BCUT2D eigenvalue weighted by molar-refractivity contribution is -0.147. The number of anilines is 1. The molecule has 4 nitrogen and oxygen atoms in total. The van der Waals surface area contributed by atoms with Gasteiger partial charge in [-0.1, -0.05) is 29.3 Å². The van der Waals surface area contributed by atoms with Crippen molar-refractivity contribution >= 4 is 17.6 Å². The van der Waals surface area contributed by atoms with Crippen LogP contribution in [0.3, 0.4) is 0 Å². The molecule has 0 unspecified atom stereocenters. The summed E-state index contributed by atoms with van der Waals surface area (Å²) >= 11 is 0. The number of nitrogens with zero attached hydrogens (tertiary/aromatic N) is 1. The molecule has 0 spiro atoms. The predicted octanol–water partition coefficient (Wildman–Crippen LogP) is 3.41. The van der Waals surface area contributed by atoms with Crippen LogP contribution in [-0.2, 0) is 16.0 Å². The monoisotopic (exact) mass is 313 g/mol. The number of benzene rings is 1. The minimum atomic E-state index is -0.865. The van der Waals surface area contributed by atoms with Crippen LogP contribution >= 0.6 is 0 Å². The van der Waals surface area contributed by atoms with E-state index in [-0.39, 0.29) is 11.9 Å². The van der Waals surface area contributed by atoms with E-state index in [1.54, 1.807) is 0 Å². The Morgan fingerprint density at radius 3 is 2.30 bits per heavy atom. The van der Waals surface area contributed by atoms with Gasteiger partial charge < -0.3 is 10.0 Å². The van der Waals surface area contributed by atoms with E-state index in [4.69, 9.17) is 0 Å². The molecule has 0 radical (unpaired) electrons. The second-order valence-electron chi connectivity index (χ2n) is 6.91. The van der Waals surface area contributed by atoms with Crippen LogP contribution in [0.25, 0.3) is 0 Å². The topological polar surface area (TPSA) is 57.6 Å². The van der Waals surface area contributed by atoms with Crippen molar-refractivity contribution in [2.75, 3.05) is 4.90 Å². The minimum Gasteiger partial charge on any atom is -0.481 e. The van der Waals surface area contributed by atoms with Crippen LogP contribution in [0.2, 0.25) is 0 Å². The number of rotatable bonds is 2. The maximum atomic E-state index is 13.2. The van der Waals surface area contributed by atoms with Gasteiger partial charge >= 0.3 is 5.97 Å². The van der Waals surface area contributed by atoms with Gasteiger partial charge in [0.15, 0.2) is 0 Å². The molecule has 0 saturated carbocycles. The van der Waals surface area contributed by atoms with Gasteiger partial charge in [-0.05, 0) is 51.7 Å². The van der Waals surface area contributed by atoms with Crippen molar-refractivity contribution in [3.63, 3.8) is 0 Å². The molecule has 1 aromatic rings. The van der Waals surface area contributed by atoms with Crippen molar-refractivity contribution in [3.8, 4) is 0 Å². The summed E-state index contributed by atoms with van der Waals surface area (Å²) in [7, 11) is 0. The molecule has 0 saturated heterocycles. The molecular weight excluding hydrogens is 290 g/mol. The fourth-order valence-electron chi connectivity index (χ4n) is 3.89. The lowest BCUT2D eigenvalue weighted by Gasteiger charge is -2.34. The Morgan fingerprint density at radius 1 is 1.04 bits per heavy atom. The third kappa shape index (κ3) is 2.67. The van der Waals surface area contributed by atoms with Crippen LogP contribution in [0.5, 0.6) is 0 Å². The van der Waals surface area contributed by atoms with E-state index >= 15 is 0 Å². The number of carbonyl (C=O) groups excluding carboxylic acids is 1. The van der Waals surface area contributed by atoms with Gasteiger partial charge in [-0.3, -0.25) is 9.59 Å². The van der Waals surface area contributed by atoms with E-state index in [0.717, 1.165) is 23.3 Å². The Hall–Kier alpha value is -2.10. The first kappa shape index (κ1) is 15.8. The quantitative estimate of drug-likeness (QED) is 0.851. The zero-order valence-corrected chi connectivity index (χ0v) is 13.9. The van der Waals surface area contributed by atoms with E-state index in [0.29, 0.717) is 12.8 Å². The third-order valence-electron chi connectivity index (χ3n) is 5.35. The van der Waals surface area contributed by atoms with Gasteiger partial charge in [0.25, 0.3) is 0 Å². The molecule has 0 aromatic heterocycles. The molecule has 1 heterocycles. The highest BCUT2D eigenvalue weighted by molar-refractivity contribution is 5.99. The summed E-state index contributed by atoms with van der Waals surface area (Å²) in [4.78, 5) is 26.7. The average Bonchev–Trinajstić information content (AvgIpc) is 2.84. The number of aliphatic carboxylic acids is 1. The van der Waals surface area contributed by atoms with Gasteiger partial charge in [0.1, 0.15) is 0 Å². The molecular formula is C19H23NO3. The van der Waals surface area contributed by atoms with Crippen LogP contribution in [-0.4, -0.2) is 23.0 Å². The maximum absolute atomic E-state index is 13.2. The zero-order chi connectivity index (χ0) is 16.7. The van der Waals surface area contributed by atoms with Gasteiger partial charge in [-0.2, -0.15) is 0 Å². The molecule has 1 N–H and O–H groups in total. The molecule has 1 aliphatic carbocycles. The van der Waals surface area contributed by atoms with E-state index < -0.39 is 17.8 Å². The van der Waals surface area contributed by atoms with Gasteiger partial charge in [0, 0.05) is 11.7 Å². The van der Waals surface area contributed by atoms with Crippen molar-refractivity contribution in [3.05, 3.63) is 41.0 Å². The standard InChI is InChI=1S/C19H23NO3/c1-11-8-15(16(19(22)23)9-12(11)2)18(21)20-13(3)10-14-6-4-5-7-17(14)20/h4-7,13,15-16H,8-10H2,1-3H3,(H,22,23)/t13-,15-,16+/m0/s1. The van der Waals surface area contributed by atoms with Crippen molar-refractivity contribution < 1.29 is 14.7 Å². The minimum absolute atomic E-state index is 0.0401. The van der Waals surface area contributed by atoms with Crippen molar-refractivity contribution in [1.82, 2.24) is 0 Å². The highest BCUT2D eigenvalue weighted by atomic mass is 16.4. The van der Waals surface area contributed by atoms with E-state index in [1.165, 1.54) is 5.56 Å². The smallest absolute Gasteiger partial charge is 0.307 e. The Morgan fingerprint density at radius 2 is 1.65 bits per heavy atom. The zero-order valence-electron chi connectivity index (χ0n) is 13.9. The number of carbonyl (C=O) groups is 2. The van der Waals surface area contributed by atoms with Crippen LogP contribution < -0.4 is 4.90 Å². The summed E-state index contributed by atoms with van der Waals surface area (Å²) in [5.41, 5.74) is 4.37. The van der Waals surface area contributed by atoms with Gasteiger partial charge in [0.2, 0.25) is 5.91 Å². The SMILES string of the molecule is CC1=C(C)C[C@@H](C(=O)O)[C@@H](C(=O)N2c3ccccc3C[C@@H]2C)C1. The molecule has 23 heavy (non-hydrogen) atoms. The molecule has 122 valence electrons. The number of fused-ring (bicyclic) bond motifs is 1. The lowest BCUT2D eigenvalue weighted by atomic mass is 9.75. The molecule has 1 aliphatic heterocycles. The van der Waals surface area contributed by atoms with Gasteiger partial charge in [-0.25, -0.2) is 0 Å². The number of carboxylic acid groups (broad SMARTS) is 1. The number of allylic oxidation sites excluding steroid dienone is 2. The van der Waals surface area contributed by atoms with E-state index in [1.807, 2.05) is 49.9 Å². The Kier molecular flexibility index (Phi) is 4.00. The van der Waals surface area contributed by atoms with Crippen molar-refractivity contribution in [1.29, 1.82) is 0 Å². The summed E-state index contributed by atoms with van der Waals surface area (Å²) in [6, 6.07) is 8.01. The number of amides is 1. The Labute approximate surface area is 136 Å². The predicted molar refractivity (Wildman–Crippen MR) is 89.3 cm³/mol. The lowest BCUT2D eigenvalue weighted by Crippen LogP contribution is -2.45. The number of hydrogen-bond donors (Lipinski definition) is 1. The van der Waals surface area contributed by atoms with Crippen LogP contribution in [0.4, 0.5) is 5.69 Å². The summed E-state index contributed by atoms with van der Waals surface area (Å²) in [5.74, 6) is -1.99. The van der Waals surface area contributed by atoms with E-state index in [2.05, 4.69) is 0 Å². The molecule has 0 fully saturated rings. The molecule has 0 bridgehead atoms. The summed E-state index contributed by atoms with van der Waals surface area (Å²) in [6.45, 7) is 6.01. The molecule has 3 rings (SSSR count). The fourth-order valence-corrected chi connectivity index (χ4v) is 3.89. The van der Waals surface area contributed by atoms with Gasteiger partial charge in [-0.15, -0.1) is 0 Å². The van der Waals surface area contributed by atoms with Crippen molar-refractivity contribution in [2.45, 2.75) is 46.1 Å². The summed E-state index contributed by atoms with van der Waals surface area (Å²) in [5, 5.41) is 9.57. The second-order valence-corrected chi connectivity index (χ2v) is 6.91. The summed E-state index contributed by atoms with van der Waals surface area (Å²) in [6.07, 6.45) is 1.86. The molecule has 1 amide bonds. The van der Waals surface area contributed by atoms with Crippen LogP contribution in [0, 0.1) is 11.8 Å². The van der Waals surface area contributed by atoms with Crippen molar-refractivity contribution in [2.24, 2.45) is 11.8 Å². The number of carboxylic acids is 1. The average molecular weight is 313 g/mol. The second kappa shape index (κ2) is 5.84. The molecule has 3 atom stereocenters. The first-order valence-corrected chi connectivity index (χ1v) is 8.19. The largest absolute Gasteiger partial charge is 0.481 e. The molecule has 2 aliphatic rings. The van der Waals surface area contributed by atoms with E-state index in [9.17, 15) is 14.7 Å². The first-order chi connectivity index (χ1) is 10.9. The first-order valence-electron chi connectivity index (χ1n) is 8.19. The Balaban J connectivity index is 1.94. The van der Waals surface area contributed by atoms with Crippen LogP contribution in [0.15, 0.2) is 35.4 Å². The van der Waals surface area contributed by atoms with Crippen LogP contribution in [0.1, 0.15) is 39.2 Å². The maximum Gasteiger partial charge on any atom is 0.307 e. The summed E-state index contributed by atoms with van der Waals surface area (Å²) < 4.78 is 0. The number of hydrogen-bond acceptors (Lipinski definition) is 2.